The quantitative estimate of drug-likeness (QED) is 0.914. The molecule has 0 saturated heterocycles. The molecule has 98 valence electrons. The van der Waals surface area contributed by atoms with Gasteiger partial charge in [-0.25, -0.2) is 0 Å². The van der Waals surface area contributed by atoms with E-state index < -0.39 is 0 Å². The Hall–Kier alpha value is -1.74. The highest BCUT2D eigenvalue weighted by Gasteiger charge is 2.22. The van der Waals surface area contributed by atoms with Gasteiger partial charge in [-0.15, -0.1) is 0 Å². The molecule has 3 rings (SSSR count). The average molecular weight is 276 g/mol. The predicted molar refractivity (Wildman–Crippen MR) is 73.4 cm³/mol. The number of carbonyl (C=O) groups is 1. The van der Waals surface area contributed by atoms with Crippen LogP contribution in [0.15, 0.2) is 41.0 Å². The SMILES string of the molecule is O=C(NC1CCc2ccccc2C1)c1ccoc1Cl. The fourth-order valence-electron chi connectivity index (χ4n) is 2.54. The smallest absolute Gasteiger partial charge is 0.256 e. The number of nitrogens with one attached hydrogen (secondary N) is 1. The molecule has 0 bridgehead atoms. The van der Waals surface area contributed by atoms with Crippen LogP contribution in [0.3, 0.4) is 0 Å². The number of fused-ring (bicyclic) bond motifs is 1. The first-order chi connectivity index (χ1) is 9.24. The summed E-state index contributed by atoms with van der Waals surface area (Å²) >= 11 is 5.81. The van der Waals surface area contributed by atoms with Crippen LogP contribution < -0.4 is 5.32 Å². The third-order valence-electron chi connectivity index (χ3n) is 3.54. The molecular formula is C15H14ClNO2. The minimum atomic E-state index is -0.164. The maximum absolute atomic E-state index is 12.1. The molecule has 0 fully saturated rings. The van der Waals surface area contributed by atoms with Crippen LogP contribution in [0.4, 0.5) is 0 Å². The van der Waals surface area contributed by atoms with Gasteiger partial charge in [-0.05, 0) is 48.1 Å². The molecule has 4 heteroatoms. The fraction of sp³-hybridized carbons (Fsp3) is 0.267. The topological polar surface area (TPSA) is 42.2 Å². The van der Waals surface area contributed by atoms with E-state index in [9.17, 15) is 4.79 Å². The van der Waals surface area contributed by atoms with Crippen LogP contribution in [0, 0.1) is 0 Å². The number of furan rings is 1. The highest BCUT2D eigenvalue weighted by Crippen LogP contribution is 2.22. The van der Waals surface area contributed by atoms with Crippen LogP contribution in [0.2, 0.25) is 5.22 Å². The van der Waals surface area contributed by atoms with Crippen molar-refractivity contribution in [3.05, 3.63) is 58.5 Å². The maximum Gasteiger partial charge on any atom is 0.256 e. The molecule has 2 aromatic rings. The highest BCUT2D eigenvalue weighted by atomic mass is 35.5. The summed E-state index contributed by atoms with van der Waals surface area (Å²) in [6.45, 7) is 0. The van der Waals surface area contributed by atoms with Crippen LogP contribution in [-0.4, -0.2) is 11.9 Å². The summed E-state index contributed by atoms with van der Waals surface area (Å²) < 4.78 is 4.94. The molecule has 0 saturated carbocycles. The summed E-state index contributed by atoms with van der Waals surface area (Å²) in [4.78, 5) is 12.1. The van der Waals surface area contributed by atoms with Crippen molar-refractivity contribution >= 4 is 17.5 Å². The Kier molecular flexibility index (Phi) is 3.30. The molecule has 1 N–H and O–H groups in total. The number of amides is 1. The van der Waals surface area contributed by atoms with Gasteiger partial charge in [0.25, 0.3) is 5.91 Å². The minimum absolute atomic E-state index is 0.147. The standard InChI is InChI=1S/C15H14ClNO2/c16-14-13(7-8-19-14)15(18)17-12-6-5-10-3-1-2-4-11(10)9-12/h1-4,7-8,12H,5-6,9H2,(H,17,18). The Morgan fingerprint density at radius 2 is 2.05 bits per heavy atom. The molecule has 0 spiro atoms. The Morgan fingerprint density at radius 3 is 2.79 bits per heavy atom. The number of rotatable bonds is 2. The van der Waals surface area contributed by atoms with Gasteiger partial charge in [0.05, 0.1) is 11.8 Å². The zero-order valence-electron chi connectivity index (χ0n) is 10.4. The minimum Gasteiger partial charge on any atom is -0.452 e. The molecule has 3 nitrogen and oxygen atoms in total. The van der Waals surface area contributed by atoms with Crippen molar-refractivity contribution in [1.29, 1.82) is 0 Å². The Labute approximate surface area is 116 Å². The second-order valence-electron chi connectivity index (χ2n) is 4.79. The number of hydrogen-bond acceptors (Lipinski definition) is 2. The predicted octanol–water partition coefficient (Wildman–Crippen LogP) is 3.22. The van der Waals surface area contributed by atoms with Gasteiger partial charge in [0, 0.05) is 6.04 Å². The molecule has 0 radical (unpaired) electrons. The van der Waals surface area contributed by atoms with E-state index in [0.29, 0.717) is 5.56 Å². The lowest BCUT2D eigenvalue weighted by Crippen LogP contribution is -2.38. The summed E-state index contributed by atoms with van der Waals surface area (Å²) in [6.07, 6.45) is 4.25. The van der Waals surface area contributed by atoms with E-state index in [1.54, 1.807) is 6.07 Å². The van der Waals surface area contributed by atoms with Crippen molar-refractivity contribution in [2.45, 2.75) is 25.3 Å². The summed E-state index contributed by atoms with van der Waals surface area (Å²) in [5, 5.41) is 3.17. The Bertz CT molecular complexity index is 606. The van der Waals surface area contributed by atoms with Crippen molar-refractivity contribution in [3.63, 3.8) is 0 Å². The van der Waals surface area contributed by atoms with E-state index in [-0.39, 0.29) is 17.2 Å². The van der Waals surface area contributed by atoms with E-state index in [0.717, 1.165) is 19.3 Å². The van der Waals surface area contributed by atoms with E-state index in [2.05, 4.69) is 23.5 Å². The fourth-order valence-corrected chi connectivity index (χ4v) is 2.74. The third kappa shape index (κ3) is 2.51. The molecule has 19 heavy (non-hydrogen) atoms. The van der Waals surface area contributed by atoms with Gasteiger partial charge in [0.15, 0.2) is 0 Å². The van der Waals surface area contributed by atoms with Crippen molar-refractivity contribution in [2.75, 3.05) is 0 Å². The number of carbonyl (C=O) groups excluding carboxylic acids is 1. The monoisotopic (exact) mass is 275 g/mol. The van der Waals surface area contributed by atoms with E-state index in [1.807, 2.05) is 6.07 Å². The molecule has 1 heterocycles. The first-order valence-corrected chi connectivity index (χ1v) is 6.72. The van der Waals surface area contributed by atoms with E-state index >= 15 is 0 Å². The average Bonchev–Trinajstić information content (AvgIpc) is 2.85. The van der Waals surface area contributed by atoms with Gasteiger partial charge in [0.1, 0.15) is 0 Å². The third-order valence-corrected chi connectivity index (χ3v) is 3.84. The largest absolute Gasteiger partial charge is 0.452 e. The highest BCUT2D eigenvalue weighted by molar-refractivity contribution is 6.32. The second kappa shape index (κ2) is 5.10. The molecule has 1 atom stereocenters. The van der Waals surface area contributed by atoms with Gasteiger partial charge in [-0.2, -0.15) is 0 Å². The van der Waals surface area contributed by atoms with Crippen LogP contribution in [0.5, 0.6) is 0 Å². The molecular weight excluding hydrogens is 262 g/mol. The molecule has 0 aliphatic heterocycles. The number of aryl methyl sites for hydroxylation is 1. The molecule has 1 aliphatic carbocycles. The van der Waals surface area contributed by atoms with Gasteiger partial charge >= 0.3 is 0 Å². The van der Waals surface area contributed by atoms with Crippen molar-refractivity contribution < 1.29 is 9.21 Å². The first kappa shape index (κ1) is 12.3. The van der Waals surface area contributed by atoms with Crippen LogP contribution >= 0.6 is 11.6 Å². The zero-order chi connectivity index (χ0) is 13.2. The van der Waals surface area contributed by atoms with Crippen LogP contribution in [0.1, 0.15) is 27.9 Å². The van der Waals surface area contributed by atoms with Gasteiger partial charge in [0.2, 0.25) is 5.22 Å². The van der Waals surface area contributed by atoms with Crippen molar-refractivity contribution in [2.24, 2.45) is 0 Å². The first-order valence-electron chi connectivity index (χ1n) is 6.34. The molecule has 1 aliphatic rings. The van der Waals surface area contributed by atoms with E-state index in [1.165, 1.54) is 17.4 Å². The van der Waals surface area contributed by atoms with Crippen molar-refractivity contribution in [1.82, 2.24) is 5.32 Å². The molecule has 1 amide bonds. The van der Waals surface area contributed by atoms with Gasteiger partial charge in [-0.1, -0.05) is 24.3 Å². The molecule has 1 unspecified atom stereocenters. The molecule has 1 aromatic heterocycles. The lowest BCUT2D eigenvalue weighted by molar-refractivity contribution is 0.0933. The number of halogens is 1. The van der Waals surface area contributed by atoms with Crippen molar-refractivity contribution in [3.8, 4) is 0 Å². The summed E-state index contributed by atoms with van der Waals surface area (Å²) in [5.41, 5.74) is 3.10. The number of benzene rings is 1. The lowest BCUT2D eigenvalue weighted by Gasteiger charge is -2.25. The van der Waals surface area contributed by atoms with Gasteiger partial charge in [-0.3, -0.25) is 4.79 Å². The Balaban J connectivity index is 1.70. The van der Waals surface area contributed by atoms with Gasteiger partial charge < -0.3 is 9.73 Å². The van der Waals surface area contributed by atoms with E-state index in [4.69, 9.17) is 16.0 Å². The number of hydrogen-bond donors (Lipinski definition) is 1. The Morgan fingerprint density at radius 1 is 1.26 bits per heavy atom. The second-order valence-corrected chi connectivity index (χ2v) is 5.13. The van der Waals surface area contributed by atoms with Crippen LogP contribution in [0.25, 0.3) is 0 Å². The summed E-state index contributed by atoms with van der Waals surface area (Å²) in [6, 6.07) is 10.1. The maximum atomic E-state index is 12.1. The normalized spacial score (nSPS) is 17.8. The van der Waals surface area contributed by atoms with Crippen LogP contribution in [-0.2, 0) is 12.8 Å². The summed E-state index contributed by atoms with van der Waals surface area (Å²) in [7, 11) is 0. The lowest BCUT2D eigenvalue weighted by atomic mass is 9.88. The molecule has 1 aromatic carbocycles. The summed E-state index contributed by atoms with van der Waals surface area (Å²) in [5.74, 6) is -0.164. The zero-order valence-corrected chi connectivity index (χ0v) is 11.1.